The van der Waals surface area contributed by atoms with Crippen molar-refractivity contribution >= 4 is 21.6 Å². The van der Waals surface area contributed by atoms with Gasteiger partial charge in [0.2, 0.25) is 10.0 Å². The minimum absolute atomic E-state index is 0.146. The van der Waals surface area contributed by atoms with Crippen LogP contribution in [0.3, 0.4) is 0 Å². The molecule has 0 atom stereocenters. The lowest BCUT2D eigenvalue weighted by molar-refractivity contribution is 0.0951. The highest BCUT2D eigenvalue weighted by Crippen LogP contribution is 2.22. The Labute approximate surface area is 179 Å². The highest BCUT2D eigenvalue weighted by atomic mass is 32.2. The fraction of sp³-hybridized carbons (Fsp3) is 0.409. The Balaban J connectivity index is 1.65. The van der Waals surface area contributed by atoms with Crippen molar-refractivity contribution in [1.82, 2.24) is 14.9 Å². The third-order valence-corrected chi connectivity index (χ3v) is 6.77. The molecule has 1 aliphatic heterocycles. The molecule has 8 heteroatoms. The topological polar surface area (TPSA) is 81.7 Å². The zero-order chi connectivity index (χ0) is 21.7. The number of hydrogen-bond acceptors (Lipinski definition) is 5. The van der Waals surface area contributed by atoms with Gasteiger partial charge in [0.15, 0.2) is 0 Å². The molecule has 7 nitrogen and oxygen atoms in total. The molecule has 1 heterocycles. The van der Waals surface area contributed by atoms with Gasteiger partial charge in [-0.15, -0.1) is 0 Å². The molecule has 3 rings (SSSR count). The Morgan fingerprint density at radius 1 is 1.00 bits per heavy atom. The molecule has 2 aromatic rings. The van der Waals surface area contributed by atoms with Crippen molar-refractivity contribution in [2.45, 2.75) is 31.3 Å². The second kappa shape index (κ2) is 9.59. The van der Waals surface area contributed by atoms with Gasteiger partial charge in [-0.05, 0) is 56.8 Å². The average Bonchev–Trinajstić information content (AvgIpc) is 2.72. The summed E-state index contributed by atoms with van der Waals surface area (Å²) < 4.78 is 27.0. The number of benzene rings is 2. The summed E-state index contributed by atoms with van der Waals surface area (Å²) in [7, 11) is -1.45. The van der Waals surface area contributed by atoms with E-state index in [-0.39, 0.29) is 16.8 Å². The van der Waals surface area contributed by atoms with E-state index in [1.807, 2.05) is 18.2 Å². The van der Waals surface area contributed by atoms with E-state index in [1.54, 1.807) is 13.8 Å². The number of piperazine rings is 1. The number of hydrogen-bond donors (Lipinski definition) is 2. The standard InChI is InChI=1S/C22H30N4O3S/c1-17(2)24-30(28,29)20-10-8-18(9-11-20)22(27)23-16-19-6-4-5-7-21(19)26-14-12-25(3)13-15-26/h4-11,17,24H,12-16H2,1-3H3,(H,23,27). The Bertz CT molecular complexity index is 966. The minimum atomic E-state index is -3.57. The first-order valence-electron chi connectivity index (χ1n) is 10.2. The lowest BCUT2D eigenvalue weighted by atomic mass is 10.1. The largest absolute Gasteiger partial charge is 0.369 e. The van der Waals surface area contributed by atoms with E-state index in [0.717, 1.165) is 37.4 Å². The SMILES string of the molecule is CC(C)NS(=O)(=O)c1ccc(C(=O)NCc2ccccc2N2CCN(C)CC2)cc1. The van der Waals surface area contributed by atoms with Gasteiger partial charge in [-0.2, -0.15) is 0 Å². The van der Waals surface area contributed by atoms with Crippen molar-refractivity contribution in [3.8, 4) is 0 Å². The smallest absolute Gasteiger partial charge is 0.251 e. The van der Waals surface area contributed by atoms with Crippen LogP contribution in [0.4, 0.5) is 5.69 Å². The fourth-order valence-electron chi connectivity index (χ4n) is 3.46. The molecule has 0 bridgehead atoms. The molecule has 0 aromatic heterocycles. The number of nitrogens with one attached hydrogen (secondary N) is 2. The van der Waals surface area contributed by atoms with Crippen LogP contribution in [0.25, 0.3) is 0 Å². The van der Waals surface area contributed by atoms with Gasteiger partial charge < -0.3 is 15.1 Å². The Morgan fingerprint density at radius 3 is 2.27 bits per heavy atom. The number of para-hydroxylation sites is 1. The predicted octanol–water partition coefficient (Wildman–Crippen LogP) is 2.06. The molecule has 0 unspecified atom stereocenters. The van der Waals surface area contributed by atoms with Crippen molar-refractivity contribution in [2.75, 3.05) is 38.1 Å². The van der Waals surface area contributed by atoms with E-state index < -0.39 is 10.0 Å². The summed E-state index contributed by atoms with van der Waals surface area (Å²) in [5.41, 5.74) is 2.64. The summed E-state index contributed by atoms with van der Waals surface area (Å²) in [5, 5.41) is 2.95. The monoisotopic (exact) mass is 430 g/mol. The van der Waals surface area contributed by atoms with E-state index >= 15 is 0 Å². The minimum Gasteiger partial charge on any atom is -0.369 e. The van der Waals surface area contributed by atoms with Crippen LogP contribution in [0.2, 0.25) is 0 Å². The normalized spacial score (nSPS) is 15.4. The number of sulfonamides is 1. The first-order chi connectivity index (χ1) is 14.3. The van der Waals surface area contributed by atoms with Crippen LogP contribution in [0.5, 0.6) is 0 Å². The number of carbonyl (C=O) groups excluding carboxylic acids is 1. The van der Waals surface area contributed by atoms with Gasteiger partial charge in [-0.1, -0.05) is 18.2 Å². The Morgan fingerprint density at radius 2 is 1.63 bits per heavy atom. The van der Waals surface area contributed by atoms with Gasteiger partial charge in [0.1, 0.15) is 0 Å². The van der Waals surface area contributed by atoms with Crippen LogP contribution in [0.1, 0.15) is 29.8 Å². The summed E-state index contributed by atoms with van der Waals surface area (Å²) in [6.07, 6.45) is 0. The average molecular weight is 431 g/mol. The quantitative estimate of drug-likeness (QED) is 0.703. The van der Waals surface area contributed by atoms with Gasteiger partial charge >= 0.3 is 0 Å². The summed E-state index contributed by atoms with van der Waals surface area (Å²) in [4.78, 5) is 17.4. The second-order valence-corrected chi connectivity index (χ2v) is 9.62. The van der Waals surface area contributed by atoms with Crippen molar-refractivity contribution in [2.24, 2.45) is 0 Å². The summed E-state index contributed by atoms with van der Waals surface area (Å²) in [6.45, 7) is 7.89. The zero-order valence-electron chi connectivity index (χ0n) is 17.8. The maximum absolute atomic E-state index is 12.6. The maximum Gasteiger partial charge on any atom is 0.251 e. The van der Waals surface area contributed by atoms with E-state index in [0.29, 0.717) is 12.1 Å². The molecule has 0 radical (unpaired) electrons. The third kappa shape index (κ3) is 5.59. The fourth-order valence-corrected chi connectivity index (χ4v) is 4.71. The van der Waals surface area contributed by atoms with Crippen molar-refractivity contribution in [3.63, 3.8) is 0 Å². The Hall–Kier alpha value is -2.42. The van der Waals surface area contributed by atoms with E-state index in [2.05, 4.69) is 33.0 Å². The van der Waals surface area contributed by atoms with E-state index in [4.69, 9.17) is 0 Å². The van der Waals surface area contributed by atoms with E-state index in [1.165, 1.54) is 24.3 Å². The molecule has 0 aliphatic carbocycles. The summed E-state index contributed by atoms with van der Waals surface area (Å²) in [6, 6.07) is 13.9. The van der Waals surface area contributed by atoms with Crippen LogP contribution in [-0.2, 0) is 16.6 Å². The van der Waals surface area contributed by atoms with Gasteiger partial charge in [0.25, 0.3) is 5.91 Å². The molecule has 0 spiro atoms. The van der Waals surface area contributed by atoms with Gasteiger partial charge in [0, 0.05) is 50.0 Å². The molecule has 2 aromatic carbocycles. The predicted molar refractivity (Wildman–Crippen MR) is 119 cm³/mol. The molecule has 30 heavy (non-hydrogen) atoms. The van der Waals surface area contributed by atoms with Gasteiger partial charge in [0.05, 0.1) is 4.90 Å². The molecule has 0 saturated carbocycles. The highest BCUT2D eigenvalue weighted by molar-refractivity contribution is 7.89. The van der Waals surface area contributed by atoms with Crippen molar-refractivity contribution in [3.05, 3.63) is 59.7 Å². The van der Waals surface area contributed by atoms with E-state index in [9.17, 15) is 13.2 Å². The molecule has 1 aliphatic rings. The maximum atomic E-state index is 12.6. The first kappa shape index (κ1) is 22.3. The lowest BCUT2D eigenvalue weighted by Crippen LogP contribution is -2.45. The van der Waals surface area contributed by atoms with Gasteiger partial charge in [-0.25, -0.2) is 13.1 Å². The van der Waals surface area contributed by atoms with Crippen LogP contribution < -0.4 is 14.9 Å². The van der Waals surface area contributed by atoms with Crippen LogP contribution in [0.15, 0.2) is 53.4 Å². The number of nitrogens with zero attached hydrogens (tertiary/aromatic N) is 2. The molecule has 1 saturated heterocycles. The third-order valence-electron chi connectivity index (χ3n) is 5.09. The Kier molecular flexibility index (Phi) is 7.12. The van der Waals surface area contributed by atoms with Crippen LogP contribution in [-0.4, -0.2) is 58.5 Å². The van der Waals surface area contributed by atoms with Crippen molar-refractivity contribution < 1.29 is 13.2 Å². The van der Waals surface area contributed by atoms with Crippen LogP contribution >= 0.6 is 0 Å². The molecule has 2 N–H and O–H groups in total. The molecule has 1 fully saturated rings. The van der Waals surface area contributed by atoms with Crippen LogP contribution in [0, 0.1) is 0 Å². The molecular weight excluding hydrogens is 400 g/mol. The summed E-state index contributed by atoms with van der Waals surface area (Å²) >= 11 is 0. The number of amides is 1. The second-order valence-electron chi connectivity index (χ2n) is 7.90. The number of carbonyl (C=O) groups is 1. The first-order valence-corrected chi connectivity index (χ1v) is 11.7. The van der Waals surface area contributed by atoms with Crippen molar-refractivity contribution in [1.29, 1.82) is 0 Å². The molecule has 1 amide bonds. The number of anilines is 1. The number of likely N-dealkylation sites (N-methyl/N-ethyl adjacent to an activating group) is 1. The lowest BCUT2D eigenvalue weighted by Gasteiger charge is -2.35. The molecule has 162 valence electrons. The number of rotatable bonds is 7. The zero-order valence-corrected chi connectivity index (χ0v) is 18.6. The highest BCUT2D eigenvalue weighted by Gasteiger charge is 2.18. The summed E-state index contributed by atoms with van der Waals surface area (Å²) in [5.74, 6) is -0.232. The van der Waals surface area contributed by atoms with Gasteiger partial charge in [-0.3, -0.25) is 4.79 Å². The molecular formula is C22H30N4O3S.